The van der Waals surface area contributed by atoms with Crippen molar-refractivity contribution < 1.29 is 0 Å². The molecule has 2 rings (SSSR count). The summed E-state index contributed by atoms with van der Waals surface area (Å²) in [6.45, 7) is 3.70. The number of thioether (sulfide) groups is 1. The van der Waals surface area contributed by atoms with Crippen molar-refractivity contribution in [2.45, 2.75) is 19.6 Å². The third kappa shape index (κ3) is 3.87. The van der Waals surface area contributed by atoms with Crippen molar-refractivity contribution in [1.29, 1.82) is 0 Å². The molecule has 86 valence electrons. The first-order valence-electron chi connectivity index (χ1n) is 5.12. The second-order valence-electron chi connectivity index (χ2n) is 3.35. The minimum absolute atomic E-state index is 0.993. The van der Waals surface area contributed by atoms with Gasteiger partial charge in [-0.2, -0.15) is 0 Å². The van der Waals surface area contributed by atoms with Gasteiger partial charge in [0.2, 0.25) is 0 Å². The van der Waals surface area contributed by atoms with Crippen LogP contribution in [0.1, 0.15) is 0 Å². The van der Waals surface area contributed by atoms with E-state index in [-0.39, 0.29) is 0 Å². The summed E-state index contributed by atoms with van der Waals surface area (Å²) in [5.41, 5.74) is 0. The second kappa shape index (κ2) is 6.24. The van der Waals surface area contributed by atoms with Gasteiger partial charge < -0.3 is 0 Å². The molecule has 0 unspecified atom stereocenters. The fourth-order valence-electron chi connectivity index (χ4n) is 1.33. The van der Waals surface area contributed by atoms with Crippen LogP contribution in [0.2, 0.25) is 0 Å². The Bertz CT molecular complexity index is 486. The Hall–Kier alpha value is -0.770. The predicted octanol–water partition coefficient (Wildman–Crippen LogP) is 5.36. The van der Waals surface area contributed by atoms with Gasteiger partial charge in [0.05, 0.1) is 0 Å². The van der Waals surface area contributed by atoms with E-state index >= 15 is 0 Å². The number of benzene rings is 2. The largest absolute Gasteiger partial charge is 0.143 e. The van der Waals surface area contributed by atoms with Gasteiger partial charge in [0.15, 0.2) is 0 Å². The Labute approximate surface area is 116 Å². The highest BCUT2D eigenvalue weighted by Crippen LogP contribution is 2.30. The molecular formula is C14H12S3. The molecule has 0 atom stereocenters. The van der Waals surface area contributed by atoms with E-state index in [2.05, 4.69) is 55.6 Å². The van der Waals surface area contributed by atoms with E-state index < -0.39 is 0 Å². The minimum Gasteiger partial charge on any atom is -0.143 e. The van der Waals surface area contributed by atoms with Gasteiger partial charge >= 0.3 is 0 Å². The molecule has 2 aromatic carbocycles. The Kier molecular flexibility index (Phi) is 4.66. The molecule has 0 aliphatic carbocycles. The van der Waals surface area contributed by atoms with Gasteiger partial charge in [0.25, 0.3) is 0 Å². The van der Waals surface area contributed by atoms with E-state index in [1.807, 2.05) is 17.5 Å². The van der Waals surface area contributed by atoms with Crippen LogP contribution in [0, 0.1) is 0 Å². The lowest BCUT2D eigenvalue weighted by atomic mass is 10.4. The summed E-state index contributed by atoms with van der Waals surface area (Å²) in [5, 5.41) is 1.84. The highest BCUT2D eigenvalue weighted by Gasteiger charge is 1.97. The summed E-state index contributed by atoms with van der Waals surface area (Å²) in [6, 6.07) is 16.7. The smallest absolute Gasteiger partial charge is 0.0123 e. The summed E-state index contributed by atoms with van der Waals surface area (Å²) in [7, 11) is 0. The zero-order chi connectivity index (χ0) is 12.1. The van der Waals surface area contributed by atoms with Gasteiger partial charge in [-0.25, -0.2) is 0 Å². The van der Waals surface area contributed by atoms with Crippen LogP contribution in [0.15, 0.2) is 80.1 Å². The number of rotatable bonds is 4. The lowest BCUT2D eigenvalue weighted by Crippen LogP contribution is -1.74. The van der Waals surface area contributed by atoms with Crippen LogP contribution in [0.3, 0.4) is 0 Å². The monoisotopic (exact) mass is 276 g/mol. The van der Waals surface area contributed by atoms with Gasteiger partial charge in [0, 0.05) is 19.6 Å². The SMILES string of the molecule is C=CSc1ccc(Sc2ccc(S)cc2)cc1. The molecule has 0 nitrogen and oxygen atoms in total. The fraction of sp³-hybridized carbons (Fsp3) is 0. The number of thiol groups is 1. The second-order valence-corrected chi connectivity index (χ2v) is 6.06. The number of hydrogen-bond acceptors (Lipinski definition) is 3. The molecule has 0 fully saturated rings. The van der Waals surface area contributed by atoms with Crippen molar-refractivity contribution in [3.63, 3.8) is 0 Å². The molecule has 17 heavy (non-hydrogen) atoms. The van der Waals surface area contributed by atoms with E-state index in [1.54, 1.807) is 23.5 Å². The highest BCUT2D eigenvalue weighted by molar-refractivity contribution is 8.02. The maximum atomic E-state index is 4.27. The zero-order valence-corrected chi connectivity index (χ0v) is 11.7. The normalized spacial score (nSPS) is 10.2. The molecule has 0 spiro atoms. The molecule has 0 radical (unpaired) electrons. The molecular weight excluding hydrogens is 264 g/mol. The molecule has 2 aromatic rings. The lowest BCUT2D eigenvalue weighted by molar-refractivity contribution is 1.32. The van der Waals surface area contributed by atoms with Crippen LogP contribution >= 0.6 is 36.2 Å². The van der Waals surface area contributed by atoms with Crippen molar-refractivity contribution in [2.24, 2.45) is 0 Å². The third-order valence-corrected chi connectivity index (χ3v) is 4.14. The van der Waals surface area contributed by atoms with Crippen LogP contribution in [0.5, 0.6) is 0 Å². The van der Waals surface area contributed by atoms with Crippen LogP contribution in [0.25, 0.3) is 0 Å². The average Bonchev–Trinajstić information content (AvgIpc) is 2.35. The summed E-state index contributed by atoms with van der Waals surface area (Å²) in [5.74, 6) is 0. The van der Waals surface area contributed by atoms with Crippen molar-refractivity contribution in [3.05, 3.63) is 60.5 Å². The van der Waals surface area contributed by atoms with Crippen LogP contribution in [-0.4, -0.2) is 0 Å². The van der Waals surface area contributed by atoms with Crippen LogP contribution in [0.4, 0.5) is 0 Å². The summed E-state index contributed by atoms with van der Waals surface area (Å²) in [6.07, 6.45) is 0. The topological polar surface area (TPSA) is 0 Å². The van der Waals surface area contributed by atoms with E-state index in [4.69, 9.17) is 0 Å². The molecule has 0 aliphatic heterocycles. The van der Waals surface area contributed by atoms with Crippen LogP contribution < -0.4 is 0 Å². The first-order chi connectivity index (χ1) is 8.28. The van der Waals surface area contributed by atoms with Gasteiger partial charge in [-0.05, 0) is 53.9 Å². The molecule has 3 heteroatoms. The summed E-state index contributed by atoms with van der Waals surface area (Å²) >= 11 is 7.66. The van der Waals surface area contributed by atoms with E-state index in [0.717, 1.165) is 4.90 Å². The van der Waals surface area contributed by atoms with Crippen molar-refractivity contribution in [3.8, 4) is 0 Å². The molecule has 0 aromatic heterocycles. The maximum Gasteiger partial charge on any atom is 0.0123 e. The van der Waals surface area contributed by atoms with E-state index in [1.165, 1.54) is 14.7 Å². The molecule has 0 saturated heterocycles. The molecule has 0 aliphatic rings. The van der Waals surface area contributed by atoms with Crippen LogP contribution in [-0.2, 0) is 0 Å². The number of hydrogen-bond donors (Lipinski definition) is 1. The highest BCUT2D eigenvalue weighted by atomic mass is 32.2. The molecule has 0 N–H and O–H groups in total. The summed E-state index contributed by atoms with van der Waals surface area (Å²) < 4.78 is 0. The maximum absolute atomic E-state index is 4.27. The molecule has 0 saturated carbocycles. The molecule has 0 bridgehead atoms. The first kappa shape index (κ1) is 12.7. The minimum atomic E-state index is 0.993. The Morgan fingerprint density at radius 1 is 0.824 bits per heavy atom. The Morgan fingerprint density at radius 2 is 1.29 bits per heavy atom. The van der Waals surface area contributed by atoms with Gasteiger partial charge in [-0.3, -0.25) is 0 Å². The Balaban J connectivity index is 2.08. The van der Waals surface area contributed by atoms with Crippen molar-refractivity contribution in [1.82, 2.24) is 0 Å². The van der Waals surface area contributed by atoms with Crippen molar-refractivity contribution in [2.75, 3.05) is 0 Å². The Morgan fingerprint density at radius 3 is 1.82 bits per heavy atom. The quantitative estimate of drug-likeness (QED) is 0.589. The summed E-state index contributed by atoms with van der Waals surface area (Å²) in [4.78, 5) is 4.68. The van der Waals surface area contributed by atoms with Crippen molar-refractivity contribution >= 4 is 36.2 Å². The predicted molar refractivity (Wildman–Crippen MR) is 80.3 cm³/mol. The fourth-order valence-corrected chi connectivity index (χ4v) is 2.78. The first-order valence-corrected chi connectivity index (χ1v) is 7.27. The van der Waals surface area contributed by atoms with Gasteiger partial charge in [0.1, 0.15) is 0 Å². The standard InChI is InChI=1S/C14H12S3/c1-2-16-12-7-9-14(10-8-12)17-13-5-3-11(15)4-6-13/h2-10,15H,1H2. The van der Waals surface area contributed by atoms with Gasteiger partial charge in [-0.1, -0.05) is 30.1 Å². The van der Waals surface area contributed by atoms with Gasteiger partial charge in [-0.15, -0.1) is 12.6 Å². The third-order valence-electron chi connectivity index (χ3n) is 2.12. The molecule has 0 amide bonds. The lowest BCUT2D eigenvalue weighted by Gasteiger charge is -2.03. The average molecular weight is 276 g/mol. The van der Waals surface area contributed by atoms with E-state index in [9.17, 15) is 0 Å². The molecule has 0 heterocycles. The zero-order valence-electron chi connectivity index (χ0n) is 9.17. The van der Waals surface area contributed by atoms with E-state index in [0.29, 0.717) is 0 Å².